The smallest absolute Gasteiger partial charge is 0.411 e. The summed E-state index contributed by atoms with van der Waals surface area (Å²) < 4.78 is 15.9. The maximum Gasteiger partial charge on any atom is 0.411 e. The average Bonchev–Trinajstić information content (AvgIpc) is 2.60. The minimum absolute atomic E-state index is 0.110. The zero-order valence-electron chi connectivity index (χ0n) is 14.4. The number of carbonyl (C=O) groups is 2. The number of hydrogen-bond donors (Lipinski definition) is 0. The molecule has 0 N–H and O–H groups in total. The molecule has 1 aromatic carbocycles. The van der Waals surface area contributed by atoms with Crippen molar-refractivity contribution < 1.29 is 23.8 Å². The van der Waals surface area contributed by atoms with Crippen LogP contribution in [-0.2, 0) is 19.0 Å². The van der Waals surface area contributed by atoms with Crippen molar-refractivity contribution in [3.63, 3.8) is 0 Å². The van der Waals surface area contributed by atoms with Crippen LogP contribution >= 0.6 is 0 Å². The molecule has 6 nitrogen and oxygen atoms in total. The third kappa shape index (κ3) is 4.47. The number of ether oxygens (including phenoxy) is 3. The molecule has 0 radical (unpaired) electrons. The predicted molar refractivity (Wildman–Crippen MR) is 88.2 cm³/mol. The van der Waals surface area contributed by atoms with Gasteiger partial charge in [-0.05, 0) is 24.8 Å². The zero-order valence-corrected chi connectivity index (χ0v) is 14.4. The Hall–Kier alpha value is -2.08. The van der Waals surface area contributed by atoms with Gasteiger partial charge in [0.05, 0.1) is 7.11 Å². The number of benzene rings is 1. The second-order valence-corrected chi connectivity index (χ2v) is 5.90. The van der Waals surface area contributed by atoms with Gasteiger partial charge in [-0.25, -0.2) is 4.79 Å². The zero-order chi connectivity index (χ0) is 17.5. The van der Waals surface area contributed by atoms with Crippen molar-refractivity contribution >= 4 is 12.1 Å². The van der Waals surface area contributed by atoms with Gasteiger partial charge in [0.1, 0.15) is 12.3 Å². The number of rotatable bonds is 5. The molecule has 2 rings (SSSR count). The minimum atomic E-state index is -0.416. The quantitative estimate of drug-likeness (QED) is 0.773. The lowest BCUT2D eigenvalue weighted by Gasteiger charge is -2.41. The number of likely N-dealkylation sites (tertiary alicyclic amines) is 1. The van der Waals surface area contributed by atoms with E-state index in [1.807, 2.05) is 30.3 Å². The molecule has 6 heteroatoms. The lowest BCUT2D eigenvalue weighted by molar-refractivity contribution is -0.148. The van der Waals surface area contributed by atoms with Crippen molar-refractivity contribution in [3.8, 4) is 0 Å². The number of methoxy groups -OCH3 is 2. The van der Waals surface area contributed by atoms with Crippen LogP contribution in [0.4, 0.5) is 4.79 Å². The van der Waals surface area contributed by atoms with Crippen molar-refractivity contribution in [2.75, 3.05) is 14.2 Å². The van der Waals surface area contributed by atoms with Crippen LogP contribution in [0.1, 0.15) is 44.3 Å². The minimum Gasteiger partial charge on any atom is -0.458 e. The highest BCUT2D eigenvalue weighted by Crippen LogP contribution is 2.32. The summed E-state index contributed by atoms with van der Waals surface area (Å²) in [5.74, 6) is -0.340. The molecule has 24 heavy (non-hydrogen) atoms. The van der Waals surface area contributed by atoms with E-state index in [0.29, 0.717) is 6.42 Å². The van der Waals surface area contributed by atoms with Crippen LogP contribution in [-0.4, -0.2) is 43.5 Å². The normalized spacial score (nSPS) is 21.9. The third-order valence-electron chi connectivity index (χ3n) is 4.32. The van der Waals surface area contributed by atoms with Gasteiger partial charge in [-0.15, -0.1) is 0 Å². The van der Waals surface area contributed by atoms with Gasteiger partial charge in [-0.2, -0.15) is 0 Å². The fourth-order valence-corrected chi connectivity index (χ4v) is 3.24. The molecular weight excluding hydrogens is 310 g/mol. The van der Waals surface area contributed by atoms with Crippen molar-refractivity contribution in [1.29, 1.82) is 0 Å². The summed E-state index contributed by atoms with van der Waals surface area (Å²) >= 11 is 0. The van der Waals surface area contributed by atoms with Gasteiger partial charge in [0, 0.05) is 26.5 Å². The lowest BCUT2D eigenvalue weighted by Crippen LogP contribution is -2.51. The Morgan fingerprint density at radius 3 is 2.50 bits per heavy atom. The van der Waals surface area contributed by atoms with Gasteiger partial charge in [0.15, 0.2) is 0 Å². The molecular formula is C18H25NO5. The standard InChI is InChI=1S/C18H25NO5/c1-13(20)24-16(14-8-5-4-6-9-14)12-15-10-7-11-17(22-2)19(15)18(21)23-3/h4-6,8-9,15-17H,7,10-12H2,1-3H3/t15-,16-,17?/m0/s1. The van der Waals surface area contributed by atoms with Crippen LogP contribution in [0.2, 0.25) is 0 Å². The Morgan fingerprint density at radius 1 is 1.21 bits per heavy atom. The van der Waals surface area contributed by atoms with E-state index in [-0.39, 0.29) is 18.2 Å². The molecule has 1 fully saturated rings. The van der Waals surface area contributed by atoms with E-state index >= 15 is 0 Å². The Kier molecular flexibility index (Phi) is 6.61. The third-order valence-corrected chi connectivity index (χ3v) is 4.32. The predicted octanol–water partition coefficient (Wildman–Crippen LogP) is 3.27. The van der Waals surface area contributed by atoms with Gasteiger partial charge in [0.25, 0.3) is 0 Å². The average molecular weight is 335 g/mol. The molecule has 0 bridgehead atoms. The number of esters is 1. The molecule has 0 spiro atoms. The van der Waals surface area contributed by atoms with Gasteiger partial charge in [-0.3, -0.25) is 9.69 Å². The maximum absolute atomic E-state index is 12.2. The van der Waals surface area contributed by atoms with Crippen LogP contribution in [0.25, 0.3) is 0 Å². The molecule has 0 aliphatic carbocycles. The van der Waals surface area contributed by atoms with Gasteiger partial charge in [-0.1, -0.05) is 30.3 Å². The molecule has 0 aromatic heterocycles. The van der Waals surface area contributed by atoms with E-state index in [9.17, 15) is 9.59 Å². The SMILES string of the molecule is COC(=O)N1C(OC)CCC[C@H]1C[C@H](OC(C)=O)c1ccccc1. The van der Waals surface area contributed by atoms with Crippen molar-refractivity contribution in [3.05, 3.63) is 35.9 Å². The van der Waals surface area contributed by atoms with Gasteiger partial charge < -0.3 is 14.2 Å². The first-order chi connectivity index (χ1) is 11.6. The van der Waals surface area contributed by atoms with Crippen LogP contribution in [0, 0.1) is 0 Å². The summed E-state index contributed by atoms with van der Waals surface area (Å²) in [4.78, 5) is 25.3. The van der Waals surface area contributed by atoms with E-state index in [2.05, 4.69) is 0 Å². The lowest BCUT2D eigenvalue weighted by atomic mass is 9.93. The molecule has 1 heterocycles. The van der Waals surface area contributed by atoms with Crippen LogP contribution < -0.4 is 0 Å². The summed E-state index contributed by atoms with van der Waals surface area (Å²) in [6.07, 6.45) is 1.91. The monoisotopic (exact) mass is 335 g/mol. The molecule has 1 saturated heterocycles. The number of carbonyl (C=O) groups excluding carboxylic acids is 2. The van der Waals surface area contributed by atoms with E-state index in [1.165, 1.54) is 14.0 Å². The number of piperidine rings is 1. The summed E-state index contributed by atoms with van der Waals surface area (Å²) in [5.41, 5.74) is 0.914. The summed E-state index contributed by atoms with van der Waals surface area (Å²) in [6.45, 7) is 1.40. The molecule has 1 aliphatic heterocycles. The van der Waals surface area contributed by atoms with E-state index < -0.39 is 12.2 Å². The number of hydrogen-bond acceptors (Lipinski definition) is 5. The summed E-state index contributed by atoms with van der Waals surface area (Å²) in [5, 5.41) is 0. The van der Waals surface area contributed by atoms with Crippen LogP contribution in [0.5, 0.6) is 0 Å². The Morgan fingerprint density at radius 2 is 1.92 bits per heavy atom. The second kappa shape index (κ2) is 8.68. The first-order valence-electron chi connectivity index (χ1n) is 8.18. The molecule has 1 aliphatic rings. The molecule has 1 unspecified atom stereocenters. The van der Waals surface area contributed by atoms with Crippen molar-refractivity contribution in [2.24, 2.45) is 0 Å². The Balaban J connectivity index is 2.21. The summed E-state index contributed by atoms with van der Waals surface area (Å²) in [7, 11) is 2.95. The molecule has 132 valence electrons. The molecule has 1 aromatic rings. The first kappa shape index (κ1) is 18.3. The largest absolute Gasteiger partial charge is 0.458 e. The fraction of sp³-hybridized carbons (Fsp3) is 0.556. The Bertz CT molecular complexity index is 548. The van der Waals surface area contributed by atoms with Crippen molar-refractivity contribution in [1.82, 2.24) is 4.90 Å². The topological polar surface area (TPSA) is 65.1 Å². The second-order valence-electron chi connectivity index (χ2n) is 5.90. The van der Waals surface area contributed by atoms with Crippen molar-refractivity contribution in [2.45, 2.75) is 51.0 Å². The molecule has 1 amide bonds. The summed E-state index contributed by atoms with van der Waals surface area (Å²) in [6, 6.07) is 9.46. The van der Waals surface area contributed by atoms with Crippen LogP contribution in [0.15, 0.2) is 30.3 Å². The highest BCUT2D eigenvalue weighted by molar-refractivity contribution is 5.68. The van der Waals surface area contributed by atoms with E-state index in [4.69, 9.17) is 14.2 Å². The van der Waals surface area contributed by atoms with Crippen LogP contribution in [0.3, 0.4) is 0 Å². The highest BCUT2D eigenvalue weighted by Gasteiger charge is 2.37. The maximum atomic E-state index is 12.2. The Labute approximate surface area is 142 Å². The fourth-order valence-electron chi connectivity index (χ4n) is 3.24. The van der Waals surface area contributed by atoms with E-state index in [0.717, 1.165) is 24.8 Å². The molecule has 3 atom stereocenters. The van der Waals surface area contributed by atoms with Gasteiger partial charge >= 0.3 is 12.1 Å². The number of nitrogens with zero attached hydrogens (tertiary/aromatic N) is 1. The highest BCUT2D eigenvalue weighted by atomic mass is 16.6. The number of amides is 1. The van der Waals surface area contributed by atoms with E-state index in [1.54, 1.807) is 12.0 Å². The van der Waals surface area contributed by atoms with Gasteiger partial charge in [0.2, 0.25) is 0 Å². The molecule has 0 saturated carbocycles. The first-order valence-corrected chi connectivity index (χ1v) is 8.18.